The van der Waals surface area contributed by atoms with Crippen molar-refractivity contribution in [3.8, 4) is 0 Å². The Labute approximate surface area is 87.3 Å². The summed E-state index contributed by atoms with van der Waals surface area (Å²) in [6.07, 6.45) is 2.49. The smallest absolute Gasteiger partial charge is 0.130 e. The molecule has 0 saturated carbocycles. The Morgan fingerprint density at radius 3 is 3.08 bits per heavy atom. The van der Waals surface area contributed by atoms with Crippen LogP contribution in [0.2, 0.25) is 5.15 Å². The van der Waals surface area contributed by atoms with Crippen LogP contribution in [0.5, 0.6) is 0 Å². The molecule has 1 aromatic heterocycles. The zero-order valence-corrected chi connectivity index (χ0v) is 8.98. The first kappa shape index (κ1) is 10.8. The highest BCUT2D eigenvalue weighted by atomic mass is 35.5. The SMILES string of the molecule is CC(CCO)Sc1ccnc(Cl)c1. The van der Waals surface area contributed by atoms with E-state index in [-0.39, 0.29) is 6.61 Å². The molecule has 0 amide bonds. The van der Waals surface area contributed by atoms with Gasteiger partial charge in [-0.05, 0) is 18.6 Å². The lowest BCUT2D eigenvalue weighted by atomic mass is 10.3. The van der Waals surface area contributed by atoms with Crippen molar-refractivity contribution in [3.63, 3.8) is 0 Å². The standard InChI is InChI=1S/C9H12ClNOS/c1-7(3-5-12)13-8-2-4-11-9(10)6-8/h2,4,6-7,12H,3,5H2,1H3. The van der Waals surface area contributed by atoms with Gasteiger partial charge < -0.3 is 5.11 Å². The number of nitrogens with zero attached hydrogens (tertiary/aromatic N) is 1. The van der Waals surface area contributed by atoms with Gasteiger partial charge in [0.05, 0.1) is 0 Å². The predicted molar refractivity (Wildman–Crippen MR) is 56.3 cm³/mol. The van der Waals surface area contributed by atoms with E-state index in [1.807, 2.05) is 12.1 Å². The number of halogens is 1. The number of hydrogen-bond donors (Lipinski definition) is 1. The van der Waals surface area contributed by atoms with Gasteiger partial charge in [0, 0.05) is 22.9 Å². The number of aliphatic hydroxyl groups excluding tert-OH is 1. The van der Waals surface area contributed by atoms with Crippen molar-refractivity contribution >= 4 is 23.4 Å². The summed E-state index contributed by atoms with van der Waals surface area (Å²) in [5, 5.41) is 9.64. The molecular formula is C9H12ClNOS. The van der Waals surface area contributed by atoms with Crippen LogP contribution >= 0.6 is 23.4 Å². The first-order valence-electron chi connectivity index (χ1n) is 4.11. The average molecular weight is 218 g/mol. The fourth-order valence-corrected chi connectivity index (χ4v) is 2.18. The third-order valence-electron chi connectivity index (χ3n) is 1.57. The second kappa shape index (κ2) is 5.47. The Kier molecular flexibility index (Phi) is 4.56. The van der Waals surface area contributed by atoms with Gasteiger partial charge in [0.25, 0.3) is 0 Å². The van der Waals surface area contributed by atoms with Gasteiger partial charge in [0.2, 0.25) is 0 Å². The molecule has 13 heavy (non-hydrogen) atoms. The lowest BCUT2D eigenvalue weighted by Gasteiger charge is -2.08. The number of aliphatic hydroxyl groups is 1. The van der Waals surface area contributed by atoms with E-state index in [4.69, 9.17) is 16.7 Å². The molecule has 1 rings (SSSR count). The van der Waals surface area contributed by atoms with E-state index in [0.717, 1.165) is 11.3 Å². The molecule has 0 spiro atoms. The van der Waals surface area contributed by atoms with Crippen molar-refractivity contribution in [2.24, 2.45) is 0 Å². The molecule has 72 valence electrons. The molecule has 1 atom stereocenters. The lowest BCUT2D eigenvalue weighted by Crippen LogP contribution is -1.98. The Morgan fingerprint density at radius 2 is 2.46 bits per heavy atom. The zero-order valence-electron chi connectivity index (χ0n) is 7.40. The molecule has 2 nitrogen and oxygen atoms in total. The van der Waals surface area contributed by atoms with Crippen molar-refractivity contribution in [1.82, 2.24) is 4.98 Å². The quantitative estimate of drug-likeness (QED) is 0.622. The van der Waals surface area contributed by atoms with Crippen molar-refractivity contribution in [1.29, 1.82) is 0 Å². The van der Waals surface area contributed by atoms with Crippen molar-refractivity contribution in [3.05, 3.63) is 23.5 Å². The fraction of sp³-hybridized carbons (Fsp3) is 0.444. The van der Waals surface area contributed by atoms with Crippen LogP contribution in [0.25, 0.3) is 0 Å². The van der Waals surface area contributed by atoms with E-state index in [1.165, 1.54) is 0 Å². The monoisotopic (exact) mass is 217 g/mol. The second-order valence-corrected chi connectivity index (χ2v) is 4.65. The minimum absolute atomic E-state index is 0.229. The van der Waals surface area contributed by atoms with Gasteiger partial charge in [-0.3, -0.25) is 0 Å². The molecule has 1 heterocycles. The minimum atomic E-state index is 0.229. The number of thioether (sulfide) groups is 1. The number of rotatable bonds is 4. The van der Waals surface area contributed by atoms with Crippen molar-refractivity contribution in [2.45, 2.75) is 23.5 Å². The minimum Gasteiger partial charge on any atom is -0.396 e. The van der Waals surface area contributed by atoms with Crippen molar-refractivity contribution < 1.29 is 5.11 Å². The molecule has 0 aliphatic heterocycles. The summed E-state index contributed by atoms with van der Waals surface area (Å²) in [5.74, 6) is 0. The second-order valence-electron chi connectivity index (χ2n) is 2.76. The highest BCUT2D eigenvalue weighted by Gasteiger charge is 2.03. The van der Waals surface area contributed by atoms with E-state index in [2.05, 4.69) is 11.9 Å². The Hall–Kier alpha value is -0.250. The number of pyridine rings is 1. The molecule has 0 aliphatic rings. The average Bonchev–Trinajstić information content (AvgIpc) is 2.04. The summed E-state index contributed by atoms with van der Waals surface area (Å²) < 4.78 is 0. The number of hydrogen-bond acceptors (Lipinski definition) is 3. The van der Waals surface area contributed by atoms with E-state index in [1.54, 1.807) is 18.0 Å². The Balaban J connectivity index is 2.53. The fourth-order valence-electron chi connectivity index (χ4n) is 0.931. The van der Waals surface area contributed by atoms with Crippen LogP contribution in [-0.4, -0.2) is 21.9 Å². The summed E-state index contributed by atoms with van der Waals surface area (Å²) in [5.41, 5.74) is 0. The van der Waals surface area contributed by atoms with Gasteiger partial charge in [0.15, 0.2) is 0 Å². The summed E-state index contributed by atoms with van der Waals surface area (Å²) in [6.45, 7) is 2.31. The Bertz CT molecular complexity index is 270. The van der Waals surface area contributed by atoms with Gasteiger partial charge in [-0.1, -0.05) is 18.5 Å². The van der Waals surface area contributed by atoms with Crippen LogP contribution in [0.4, 0.5) is 0 Å². The molecule has 0 saturated heterocycles. The molecule has 4 heteroatoms. The number of aromatic nitrogens is 1. The molecule has 0 fully saturated rings. The molecule has 0 aliphatic carbocycles. The van der Waals surface area contributed by atoms with E-state index in [9.17, 15) is 0 Å². The van der Waals surface area contributed by atoms with Crippen LogP contribution < -0.4 is 0 Å². The van der Waals surface area contributed by atoms with Crippen LogP contribution in [0.15, 0.2) is 23.2 Å². The zero-order chi connectivity index (χ0) is 9.68. The summed E-state index contributed by atoms with van der Waals surface area (Å²) in [7, 11) is 0. The lowest BCUT2D eigenvalue weighted by molar-refractivity contribution is 0.289. The summed E-state index contributed by atoms with van der Waals surface area (Å²) in [4.78, 5) is 4.99. The first-order chi connectivity index (χ1) is 6.22. The van der Waals surface area contributed by atoms with E-state index < -0.39 is 0 Å². The van der Waals surface area contributed by atoms with E-state index >= 15 is 0 Å². The van der Waals surface area contributed by atoms with Crippen LogP contribution in [-0.2, 0) is 0 Å². The molecule has 1 unspecified atom stereocenters. The van der Waals surface area contributed by atoms with E-state index in [0.29, 0.717) is 10.4 Å². The molecule has 1 aromatic rings. The van der Waals surface area contributed by atoms with Crippen LogP contribution in [0, 0.1) is 0 Å². The summed E-state index contributed by atoms with van der Waals surface area (Å²) >= 11 is 7.43. The molecular weight excluding hydrogens is 206 g/mol. The molecule has 0 radical (unpaired) electrons. The highest BCUT2D eigenvalue weighted by Crippen LogP contribution is 2.25. The molecule has 0 bridgehead atoms. The molecule has 0 aromatic carbocycles. The van der Waals surface area contributed by atoms with Crippen LogP contribution in [0.1, 0.15) is 13.3 Å². The maximum absolute atomic E-state index is 8.72. The molecule has 1 N–H and O–H groups in total. The van der Waals surface area contributed by atoms with Crippen molar-refractivity contribution in [2.75, 3.05) is 6.61 Å². The van der Waals surface area contributed by atoms with Gasteiger partial charge >= 0.3 is 0 Å². The van der Waals surface area contributed by atoms with Gasteiger partial charge in [0.1, 0.15) is 5.15 Å². The van der Waals surface area contributed by atoms with Gasteiger partial charge in [-0.25, -0.2) is 4.98 Å². The third-order valence-corrected chi connectivity index (χ3v) is 2.94. The first-order valence-corrected chi connectivity index (χ1v) is 5.37. The largest absolute Gasteiger partial charge is 0.396 e. The predicted octanol–water partition coefficient (Wildman–Crippen LogP) is 2.60. The van der Waals surface area contributed by atoms with Gasteiger partial charge in [-0.2, -0.15) is 0 Å². The Morgan fingerprint density at radius 1 is 1.69 bits per heavy atom. The maximum atomic E-state index is 8.72. The normalized spacial score (nSPS) is 12.8. The topological polar surface area (TPSA) is 33.1 Å². The third kappa shape index (κ3) is 3.98. The summed E-state index contributed by atoms with van der Waals surface area (Å²) in [6, 6.07) is 3.75. The van der Waals surface area contributed by atoms with Gasteiger partial charge in [-0.15, -0.1) is 11.8 Å². The van der Waals surface area contributed by atoms with Crippen LogP contribution in [0.3, 0.4) is 0 Å². The highest BCUT2D eigenvalue weighted by molar-refractivity contribution is 7.99. The maximum Gasteiger partial charge on any atom is 0.130 e.